The first-order valence-corrected chi connectivity index (χ1v) is 10.1. The van der Waals surface area contributed by atoms with Crippen molar-refractivity contribution in [1.82, 2.24) is 0 Å². The van der Waals surface area contributed by atoms with E-state index in [2.05, 4.69) is 19.1 Å². The molecule has 3 aliphatic carbocycles. The number of imide groups is 1. The van der Waals surface area contributed by atoms with Crippen molar-refractivity contribution in [2.75, 3.05) is 4.90 Å². The van der Waals surface area contributed by atoms with Gasteiger partial charge < -0.3 is 0 Å². The zero-order valence-electron chi connectivity index (χ0n) is 15.3. The lowest BCUT2D eigenvalue weighted by Gasteiger charge is -2.23. The summed E-state index contributed by atoms with van der Waals surface area (Å²) in [5.41, 5.74) is 4.93. The van der Waals surface area contributed by atoms with Crippen molar-refractivity contribution in [2.24, 2.45) is 23.7 Å². The Morgan fingerprint density at radius 3 is 2.00 bits per heavy atom. The van der Waals surface area contributed by atoms with Crippen LogP contribution >= 0.6 is 0 Å². The molecule has 5 rings (SSSR count). The van der Waals surface area contributed by atoms with Crippen molar-refractivity contribution in [1.29, 1.82) is 0 Å². The van der Waals surface area contributed by atoms with E-state index in [1.807, 2.05) is 24.3 Å². The highest BCUT2D eigenvalue weighted by molar-refractivity contribution is 6.23. The van der Waals surface area contributed by atoms with Crippen LogP contribution in [0.2, 0.25) is 0 Å². The molecule has 1 aliphatic heterocycles. The topological polar surface area (TPSA) is 37.4 Å². The average Bonchev–Trinajstić information content (AvgIpc) is 3.32. The molecule has 1 heterocycles. The van der Waals surface area contributed by atoms with Crippen molar-refractivity contribution >= 4 is 17.5 Å². The van der Waals surface area contributed by atoms with Crippen LogP contribution in [0.5, 0.6) is 0 Å². The molecule has 26 heavy (non-hydrogen) atoms. The van der Waals surface area contributed by atoms with E-state index >= 15 is 0 Å². The van der Waals surface area contributed by atoms with Gasteiger partial charge in [0.05, 0.1) is 17.5 Å². The molecule has 4 aliphatic rings. The summed E-state index contributed by atoms with van der Waals surface area (Å²) in [5.74, 6) is -0.00509. The van der Waals surface area contributed by atoms with Gasteiger partial charge in [-0.2, -0.15) is 0 Å². The SMILES string of the molecule is CCc1ccc(N2C(=O)[C@H]3[C@H](C2=O)[C@H]2C=C[C@H]3C2=C2CCCCC2)cc1. The molecule has 0 aromatic heterocycles. The van der Waals surface area contributed by atoms with E-state index < -0.39 is 0 Å². The van der Waals surface area contributed by atoms with E-state index in [-0.39, 0.29) is 35.5 Å². The number of hydrogen-bond donors (Lipinski definition) is 0. The second-order valence-electron chi connectivity index (χ2n) is 8.14. The van der Waals surface area contributed by atoms with Gasteiger partial charge >= 0.3 is 0 Å². The molecule has 2 amide bonds. The number of hydrogen-bond acceptors (Lipinski definition) is 2. The first kappa shape index (κ1) is 16.0. The molecule has 1 aromatic carbocycles. The lowest BCUT2D eigenvalue weighted by molar-refractivity contribution is -0.122. The van der Waals surface area contributed by atoms with Gasteiger partial charge in [-0.25, -0.2) is 4.90 Å². The maximum Gasteiger partial charge on any atom is 0.238 e. The number of aryl methyl sites for hydroxylation is 1. The highest BCUT2D eigenvalue weighted by Gasteiger charge is 2.62. The number of allylic oxidation sites excluding steroid dienone is 4. The third-order valence-electron chi connectivity index (χ3n) is 6.88. The molecule has 0 unspecified atom stereocenters. The van der Waals surface area contributed by atoms with Gasteiger partial charge in [-0.15, -0.1) is 0 Å². The first-order chi connectivity index (χ1) is 12.7. The number of benzene rings is 1. The fourth-order valence-corrected chi connectivity index (χ4v) is 5.64. The van der Waals surface area contributed by atoms with Crippen LogP contribution in [0.25, 0.3) is 0 Å². The van der Waals surface area contributed by atoms with E-state index in [4.69, 9.17) is 0 Å². The Morgan fingerprint density at radius 1 is 0.885 bits per heavy atom. The second-order valence-corrected chi connectivity index (χ2v) is 8.14. The van der Waals surface area contributed by atoms with Crippen LogP contribution in [0, 0.1) is 23.7 Å². The lowest BCUT2D eigenvalue weighted by atomic mass is 9.85. The number of anilines is 1. The Hall–Kier alpha value is -2.16. The van der Waals surface area contributed by atoms with Gasteiger partial charge in [0.1, 0.15) is 0 Å². The lowest BCUT2D eigenvalue weighted by Crippen LogP contribution is -2.33. The smallest absolute Gasteiger partial charge is 0.238 e. The van der Waals surface area contributed by atoms with Crippen LogP contribution in [-0.2, 0) is 16.0 Å². The second kappa shape index (κ2) is 5.94. The summed E-state index contributed by atoms with van der Waals surface area (Å²) >= 11 is 0. The van der Waals surface area contributed by atoms with Gasteiger partial charge in [0.25, 0.3) is 0 Å². The Kier molecular flexibility index (Phi) is 3.66. The maximum absolute atomic E-state index is 13.2. The van der Waals surface area contributed by atoms with E-state index in [9.17, 15) is 9.59 Å². The average molecular weight is 347 g/mol. The van der Waals surface area contributed by atoms with Crippen molar-refractivity contribution in [2.45, 2.75) is 45.4 Å². The van der Waals surface area contributed by atoms with Crippen molar-refractivity contribution in [3.8, 4) is 0 Å². The number of carbonyl (C=O) groups excluding carboxylic acids is 2. The molecule has 1 aromatic rings. The maximum atomic E-state index is 13.2. The van der Waals surface area contributed by atoms with E-state index in [1.54, 1.807) is 5.57 Å². The summed E-state index contributed by atoms with van der Waals surface area (Å²) in [7, 11) is 0. The third-order valence-corrected chi connectivity index (χ3v) is 6.88. The molecule has 0 spiro atoms. The minimum absolute atomic E-state index is 0.00927. The van der Waals surface area contributed by atoms with Crippen LogP contribution in [0.4, 0.5) is 5.69 Å². The molecular weight excluding hydrogens is 322 g/mol. The highest BCUT2D eigenvalue weighted by atomic mass is 16.2. The number of rotatable bonds is 2. The third kappa shape index (κ3) is 2.12. The number of nitrogens with zero attached hydrogens (tertiary/aromatic N) is 1. The van der Waals surface area contributed by atoms with Gasteiger partial charge in [-0.05, 0) is 49.8 Å². The van der Waals surface area contributed by atoms with Gasteiger partial charge in [0.15, 0.2) is 0 Å². The van der Waals surface area contributed by atoms with Gasteiger partial charge in [-0.3, -0.25) is 9.59 Å². The quantitative estimate of drug-likeness (QED) is 0.586. The molecule has 4 atom stereocenters. The summed E-state index contributed by atoms with van der Waals surface area (Å²) in [6.07, 6.45) is 11.5. The van der Waals surface area contributed by atoms with Crippen molar-refractivity contribution < 1.29 is 9.59 Å². The number of amides is 2. The first-order valence-electron chi connectivity index (χ1n) is 10.1. The molecule has 0 N–H and O–H groups in total. The molecule has 2 saturated carbocycles. The monoisotopic (exact) mass is 347 g/mol. The normalized spacial score (nSPS) is 32.7. The van der Waals surface area contributed by atoms with Crippen molar-refractivity contribution in [3.05, 3.63) is 53.1 Å². The van der Waals surface area contributed by atoms with Gasteiger partial charge in [0.2, 0.25) is 11.8 Å². The Balaban J connectivity index is 1.49. The van der Waals surface area contributed by atoms with Crippen LogP contribution in [0.1, 0.15) is 44.6 Å². The van der Waals surface area contributed by atoms with Crippen molar-refractivity contribution in [3.63, 3.8) is 0 Å². The highest BCUT2D eigenvalue weighted by Crippen LogP contribution is 2.58. The largest absolute Gasteiger partial charge is 0.274 e. The van der Waals surface area contributed by atoms with Crippen LogP contribution in [0.3, 0.4) is 0 Å². The zero-order chi connectivity index (χ0) is 17.8. The molecule has 3 heteroatoms. The fraction of sp³-hybridized carbons (Fsp3) is 0.478. The minimum Gasteiger partial charge on any atom is -0.274 e. The predicted molar refractivity (Wildman–Crippen MR) is 102 cm³/mol. The van der Waals surface area contributed by atoms with E-state index in [0.717, 1.165) is 24.9 Å². The molecule has 0 radical (unpaired) electrons. The summed E-state index contributed by atoms with van der Waals surface area (Å²) in [6, 6.07) is 7.88. The molecular formula is C23H25NO2. The molecule has 134 valence electrons. The summed E-state index contributed by atoms with van der Waals surface area (Å²) in [5, 5.41) is 0. The Morgan fingerprint density at radius 2 is 1.46 bits per heavy atom. The summed E-state index contributed by atoms with van der Waals surface area (Å²) in [4.78, 5) is 27.9. The van der Waals surface area contributed by atoms with Gasteiger partial charge in [0, 0.05) is 11.8 Å². The standard InChI is InChI=1S/C23H25NO2/c1-2-14-8-10-16(11-9-14)24-22(25)20-17-12-13-18(21(20)23(24)26)19(17)15-6-4-3-5-7-15/h8-13,17-18,20-21H,2-7H2,1H3/t17-,18-,20+,21+/m0/s1. The molecule has 2 bridgehead atoms. The molecule has 3 nitrogen and oxygen atoms in total. The summed E-state index contributed by atoms with van der Waals surface area (Å²) < 4.78 is 0. The molecule has 1 saturated heterocycles. The zero-order valence-corrected chi connectivity index (χ0v) is 15.3. The van der Waals surface area contributed by atoms with Crippen LogP contribution < -0.4 is 4.90 Å². The minimum atomic E-state index is -0.173. The molecule has 3 fully saturated rings. The van der Waals surface area contributed by atoms with Gasteiger partial charge in [-0.1, -0.05) is 48.8 Å². The number of carbonyl (C=O) groups is 2. The Bertz CT molecular complexity index is 790. The van der Waals surface area contributed by atoms with Crippen LogP contribution in [0.15, 0.2) is 47.6 Å². The summed E-state index contributed by atoms with van der Waals surface area (Å²) in [6.45, 7) is 2.11. The Labute approximate surface area is 154 Å². The number of fused-ring (bicyclic) bond motifs is 5. The van der Waals surface area contributed by atoms with E-state index in [1.165, 1.54) is 35.3 Å². The fourth-order valence-electron chi connectivity index (χ4n) is 5.64. The van der Waals surface area contributed by atoms with E-state index in [0.29, 0.717) is 0 Å². The predicted octanol–water partition coefficient (Wildman–Crippen LogP) is 4.43. The van der Waals surface area contributed by atoms with Crippen LogP contribution in [-0.4, -0.2) is 11.8 Å².